The van der Waals surface area contributed by atoms with Crippen LogP contribution in [0.15, 0.2) is 78.9 Å². The zero-order chi connectivity index (χ0) is 20.6. The fourth-order valence-corrected chi connectivity index (χ4v) is 2.50. The van der Waals surface area contributed by atoms with Gasteiger partial charge in [0.25, 0.3) is 11.8 Å². The van der Waals surface area contributed by atoms with E-state index in [2.05, 4.69) is 10.6 Å². The number of rotatable bonds is 7. The highest BCUT2D eigenvalue weighted by Crippen LogP contribution is 2.17. The van der Waals surface area contributed by atoms with E-state index in [0.717, 1.165) is 0 Å². The summed E-state index contributed by atoms with van der Waals surface area (Å²) in [6.45, 7) is -0.243. The molecule has 3 aromatic carbocycles. The van der Waals surface area contributed by atoms with Gasteiger partial charge in [-0.25, -0.2) is 4.79 Å². The lowest BCUT2D eigenvalue weighted by Crippen LogP contribution is -2.20. The maximum Gasteiger partial charge on any atom is 0.335 e. The summed E-state index contributed by atoms with van der Waals surface area (Å²) in [7, 11) is 0. The van der Waals surface area contributed by atoms with Crippen LogP contribution in [0.2, 0.25) is 0 Å². The van der Waals surface area contributed by atoms with Crippen LogP contribution < -0.4 is 15.4 Å². The van der Waals surface area contributed by atoms with E-state index >= 15 is 0 Å². The van der Waals surface area contributed by atoms with Crippen molar-refractivity contribution in [2.75, 3.05) is 17.2 Å². The summed E-state index contributed by atoms with van der Waals surface area (Å²) in [4.78, 5) is 35.1. The maximum absolute atomic E-state index is 12.1. The molecule has 3 N–H and O–H groups in total. The van der Waals surface area contributed by atoms with Gasteiger partial charge in [0, 0.05) is 16.9 Å². The molecule has 0 saturated carbocycles. The molecule has 0 aliphatic rings. The van der Waals surface area contributed by atoms with Crippen LogP contribution in [0.1, 0.15) is 20.7 Å². The average Bonchev–Trinajstić information content (AvgIpc) is 2.74. The highest BCUT2D eigenvalue weighted by Gasteiger charge is 2.08. The molecule has 0 aliphatic heterocycles. The van der Waals surface area contributed by atoms with E-state index in [9.17, 15) is 14.4 Å². The molecule has 0 aromatic heterocycles. The molecular formula is C22H18N2O5. The number of hydrogen-bond acceptors (Lipinski definition) is 4. The largest absolute Gasteiger partial charge is 0.484 e. The number of nitrogens with one attached hydrogen (secondary N) is 2. The summed E-state index contributed by atoms with van der Waals surface area (Å²) in [5, 5.41) is 14.3. The fourth-order valence-electron chi connectivity index (χ4n) is 2.50. The number of anilines is 2. The molecular weight excluding hydrogens is 372 g/mol. The topological polar surface area (TPSA) is 105 Å². The maximum atomic E-state index is 12.1. The number of ether oxygens (including phenoxy) is 1. The smallest absolute Gasteiger partial charge is 0.335 e. The molecule has 0 aliphatic carbocycles. The Hall–Kier alpha value is -4.13. The number of carbonyl (C=O) groups excluding carboxylic acids is 2. The van der Waals surface area contributed by atoms with E-state index in [1.807, 2.05) is 6.07 Å². The van der Waals surface area contributed by atoms with Crippen molar-refractivity contribution in [1.29, 1.82) is 0 Å². The van der Waals surface area contributed by atoms with Crippen molar-refractivity contribution in [3.05, 3.63) is 90.0 Å². The highest BCUT2D eigenvalue weighted by molar-refractivity contribution is 6.04. The van der Waals surface area contributed by atoms with Crippen LogP contribution in [0.3, 0.4) is 0 Å². The Morgan fingerprint density at radius 1 is 0.759 bits per heavy atom. The van der Waals surface area contributed by atoms with Gasteiger partial charge in [0.15, 0.2) is 6.61 Å². The van der Waals surface area contributed by atoms with Crippen LogP contribution in [0, 0.1) is 0 Å². The van der Waals surface area contributed by atoms with E-state index in [4.69, 9.17) is 9.84 Å². The normalized spacial score (nSPS) is 10.1. The third-order valence-electron chi connectivity index (χ3n) is 3.91. The number of carboxylic acids is 1. The van der Waals surface area contributed by atoms with Gasteiger partial charge in [-0.3, -0.25) is 9.59 Å². The second kappa shape index (κ2) is 9.18. The second-order valence-electron chi connectivity index (χ2n) is 6.07. The Kier molecular flexibility index (Phi) is 6.22. The van der Waals surface area contributed by atoms with E-state index in [1.54, 1.807) is 60.7 Å². The summed E-state index contributed by atoms with van der Waals surface area (Å²) in [5.74, 6) is -1.26. The second-order valence-corrected chi connectivity index (χ2v) is 6.07. The Bertz CT molecular complexity index is 1020. The lowest BCUT2D eigenvalue weighted by Gasteiger charge is -2.09. The molecule has 0 fully saturated rings. The highest BCUT2D eigenvalue weighted by atomic mass is 16.5. The molecule has 7 nitrogen and oxygen atoms in total. The predicted octanol–water partition coefficient (Wildman–Crippen LogP) is 3.65. The summed E-state index contributed by atoms with van der Waals surface area (Å²) in [5.41, 5.74) is 1.60. The van der Waals surface area contributed by atoms with Gasteiger partial charge in [0.2, 0.25) is 0 Å². The molecule has 146 valence electrons. The fraction of sp³-hybridized carbons (Fsp3) is 0.0455. The molecule has 7 heteroatoms. The average molecular weight is 390 g/mol. The molecule has 0 atom stereocenters. The number of carbonyl (C=O) groups is 3. The van der Waals surface area contributed by atoms with Gasteiger partial charge in [-0.2, -0.15) is 0 Å². The molecule has 0 bridgehead atoms. The van der Waals surface area contributed by atoms with Crippen LogP contribution >= 0.6 is 0 Å². The zero-order valence-electron chi connectivity index (χ0n) is 15.3. The van der Waals surface area contributed by atoms with Crippen molar-refractivity contribution >= 4 is 29.2 Å². The lowest BCUT2D eigenvalue weighted by atomic mass is 10.2. The third kappa shape index (κ3) is 5.67. The van der Waals surface area contributed by atoms with Crippen LogP contribution in [-0.4, -0.2) is 29.5 Å². The standard InChI is InChI=1S/C22H18N2O5/c25-20(23-18-8-4-7-16(13-18)22(27)28)14-29-19-11-9-17(10-12-19)24-21(26)15-5-2-1-3-6-15/h1-13H,14H2,(H,23,25)(H,24,26)(H,27,28). The Morgan fingerprint density at radius 2 is 1.45 bits per heavy atom. The molecule has 29 heavy (non-hydrogen) atoms. The van der Waals surface area contributed by atoms with Crippen LogP contribution in [-0.2, 0) is 4.79 Å². The summed E-state index contributed by atoms with van der Waals surface area (Å²) >= 11 is 0. The number of amides is 2. The van der Waals surface area contributed by atoms with Gasteiger partial charge in [-0.05, 0) is 54.6 Å². The number of aromatic carboxylic acids is 1. The molecule has 3 rings (SSSR count). The van der Waals surface area contributed by atoms with Crippen LogP contribution in [0.25, 0.3) is 0 Å². The monoisotopic (exact) mass is 390 g/mol. The van der Waals surface area contributed by atoms with Gasteiger partial charge in [-0.1, -0.05) is 24.3 Å². The SMILES string of the molecule is O=C(COc1ccc(NC(=O)c2ccccc2)cc1)Nc1cccc(C(=O)O)c1. The first-order valence-corrected chi connectivity index (χ1v) is 8.74. The molecule has 2 amide bonds. The molecule has 0 radical (unpaired) electrons. The number of benzene rings is 3. The van der Waals surface area contributed by atoms with Crippen molar-refractivity contribution in [2.24, 2.45) is 0 Å². The van der Waals surface area contributed by atoms with Crippen molar-refractivity contribution in [3.63, 3.8) is 0 Å². The van der Waals surface area contributed by atoms with E-state index in [0.29, 0.717) is 22.7 Å². The van der Waals surface area contributed by atoms with Crippen LogP contribution in [0.4, 0.5) is 11.4 Å². The van der Waals surface area contributed by atoms with Crippen LogP contribution in [0.5, 0.6) is 5.75 Å². The van der Waals surface area contributed by atoms with Crippen molar-refractivity contribution < 1.29 is 24.2 Å². The first-order chi connectivity index (χ1) is 14.0. The number of carboxylic acid groups (broad SMARTS) is 1. The molecule has 0 saturated heterocycles. The van der Waals surface area contributed by atoms with Gasteiger partial charge in [0.1, 0.15) is 5.75 Å². The van der Waals surface area contributed by atoms with Crippen molar-refractivity contribution in [3.8, 4) is 5.75 Å². The zero-order valence-corrected chi connectivity index (χ0v) is 15.3. The van der Waals surface area contributed by atoms with Gasteiger partial charge >= 0.3 is 5.97 Å². The lowest BCUT2D eigenvalue weighted by molar-refractivity contribution is -0.118. The minimum absolute atomic E-state index is 0.0804. The van der Waals surface area contributed by atoms with Crippen molar-refractivity contribution in [1.82, 2.24) is 0 Å². The van der Waals surface area contributed by atoms with Gasteiger partial charge in [-0.15, -0.1) is 0 Å². The summed E-state index contributed by atoms with van der Waals surface area (Å²) in [6.07, 6.45) is 0. The number of hydrogen-bond donors (Lipinski definition) is 3. The first kappa shape index (κ1) is 19.6. The first-order valence-electron chi connectivity index (χ1n) is 8.74. The predicted molar refractivity (Wildman–Crippen MR) is 108 cm³/mol. The Labute approximate surface area is 166 Å². The molecule has 3 aromatic rings. The Morgan fingerprint density at radius 3 is 2.14 bits per heavy atom. The van der Waals surface area contributed by atoms with E-state index in [1.165, 1.54) is 12.1 Å². The molecule has 0 spiro atoms. The third-order valence-corrected chi connectivity index (χ3v) is 3.91. The summed E-state index contributed by atoms with van der Waals surface area (Å²) in [6, 6.07) is 21.4. The van der Waals surface area contributed by atoms with Gasteiger partial charge < -0.3 is 20.5 Å². The van der Waals surface area contributed by atoms with Crippen molar-refractivity contribution in [2.45, 2.75) is 0 Å². The minimum Gasteiger partial charge on any atom is -0.484 e. The molecule has 0 heterocycles. The van der Waals surface area contributed by atoms with E-state index in [-0.39, 0.29) is 18.1 Å². The van der Waals surface area contributed by atoms with Gasteiger partial charge in [0.05, 0.1) is 5.56 Å². The Balaban J connectivity index is 1.51. The quantitative estimate of drug-likeness (QED) is 0.571. The van der Waals surface area contributed by atoms with E-state index < -0.39 is 11.9 Å². The molecule has 0 unspecified atom stereocenters. The minimum atomic E-state index is -1.07. The summed E-state index contributed by atoms with van der Waals surface area (Å²) < 4.78 is 5.42.